The van der Waals surface area contributed by atoms with Crippen molar-refractivity contribution in [3.8, 4) is 0 Å². The quantitative estimate of drug-likeness (QED) is 0.708. The molecule has 1 heterocycles. The number of ether oxygens (including phenoxy) is 1. The van der Waals surface area contributed by atoms with Gasteiger partial charge in [-0.25, -0.2) is 8.42 Å². The van der Waals surface area contributed by atoms with Crippen LogP contribution in [0.25, 0.3) is 0 Å². The van der Waals surface area contributed by atoms with Crippen LogP contribution in [0.4, 0.5) is 0 Å². The van der Waals surface area contributed by atoms with Gasteiger partial charge < -0.3 is 10.1 Å². The van der Waals surface area contributed by atoms with Gasteiger partial charge >= 0.3 is 0 Å². The van der Waals surface area contributed by atoms with Crippen LogP contribution in [-0.4, -0.2) is 37.2 Å². The van der Waals surface area contributed by atoms with Crippen LogP contribution in [0.2, 0.25) is 0 Å². The second-order valence-corrected chi connectivity index (χ2v) is 6.30. The summed E-state index contributed by atoms with van der Waals surface area (Å²) in [6.07, 6.45) is 0.586. The van der Waals surface area contributed by atoms with Gasteiger partial charge in [-0.05, 0) is 32.5 Å². The van der Waals surface area contributed by atoms with Gasteiger partial charge in [0.1, 0.15) is 0 Å². The van der Waals surface area contributed by atoms with Gasteiger partial charge in [0.15, 0.2) is 9.84 Å². The van der Waals surface area contributed by atoms with Crippen LogP contribution >= 0.6 is 12.2 Å². The Labute approximate surface area is 89.9 Å². The van der Waals surface area contributed by atoms with Gasteiger partial charge in [-0.1, -0.05) is 0 Å². The van der Waals surface area contributed by atoms with Crippen molar-refractivity contribution in [3.63, 3.8) is 0 Å². The Morgan fingerprint density at radius 1 is 1.64 bits per heavy atom. The van der Waals surface area contributed by atoms with Gasteiger partial charge in [-0.3, -0.25) is 0 Å². The lowest BCUT2D eigenvalue weighted by molar-refractivity contribution is 0.300. The number of sulfone groups is 1. The van der Waals surface area contributed by atoms with E-state index in [1.165, 1.54) is 0 Å². The largest absolute Gasteiger partial charge is 0.471 e. The van der Waals surface area contributed by atoms with Gasteiger partial charge in [0.25, 0.3) is 5.17 Å². The second-order valence-electron chi connectivity index (χ2n) is 3.75. The van der Waals surface area contributed by atoms with E-state index in [0.717, 1.165) is 0 Å². The first kappa shape index (κ1) is 11.7. The summed E-state index contributed by atoms with van der Waals surface area (Å²) >= 11 is 4.91. The van der Waals surface area contributed by atoms with Crippen LogP contribution in [0.1, 0.15) is 20.3 Å². The van der Waals surface area contributed by atoms with Crippen molar-refractivity contribution in [1.29, 1.82) is 0 Å². The zero-order chi connectivity index (χ0) is 10.8. The van der Waals surface area contributed by atoms with E-state index in [2.05, 4.69) is 5.32 Å². The van der Waals surface area contributed by atoms with Gasteiger partial charge in [0.05, 0.1) is 23.7 Å². The molecule has 1 fully saturated rings. The van der Waals surface area contributed by atoms with Crippen LogP contribution in [0.5, 0.6) is 0 Å². The standard InChI is InChI=1S/C8H15NO3S2/c1-3-12-7(13)9-8(2)4-5-14(10,11)6-8/h3-6H2,1-2H3,(H,9,13). The van der Waals surface area contributed by atoms with E-state index in [1.807, 2.05) is 13.8 Å². The van der Waals surface area contributed by atoms with E-state index < -0.39 is 15.4 Å². The minimum absolute atomic E-state index is 0.132. The molecular formula is C8H15NO3S2. The minimum Gasteiger partial charge on any atom is -0.471 e. The zero-order valence-corrected chi connectivity index (χ0v) is 10.0. The van der Waals surface area contributed by atoms with Gasteiger partial charge in [0.2, 0.25) is 0 Å². The fourth-order valence-electron chi connectivity index (χ4n) is 1.52. The van der Waals surface area contributed by atoms with Crippen molar-refractivity contribution < 1.29 is 13.2 Å². The molecule has 4 nitrogen and oxygen atoms in total. The van der Waals surface area contributed by atoms with Crippen molar-refractivity contribution in [1.82, 2.24) is 5.32 Å². The third kappa shape index (κ3) is 3.09. The van der Waals surface area contributed by atoms with E-state index >= 15 is 0 Å². The first-order chi connectivity index (χ1) is 6.37. The molecule has 0 spiro atoms. The molecule has 0 radical (unpaired) electrons. The highest BCUT2D eigenvalue weighted by atomic mass is 32.2. The number of nitrogens with one attached hydrogen (secondary N) is 1. The Hall–Kier alpha value is -0.360. The van der Waals surface area contributed by atoms with E-state index in [1.54, 1.807) is 0 Å². The molecule has 82 valence electrons. The Balaban J connectivity index is 2.57. The highest BCUT2D eigenvalue weighted by Crippen LogP contribution is 2.22. The lowest BCUT2D eigenvalue weighted by Gasteiger charge is -2.24. The maximum atomic E-state index is 11.3. The Kier molecular flexibility index (Phi) is 3.36. The SMILES string of the molecule is CCOC(=S)NC1(C)CCS(=O)(=O)C1. The van der Waals surface area contributed by atoms with Crippen LogP contribution in [0.3, 0.4) is 0 Å². The van der Waals surface area contributed by atoms with Crippen molar-refractivity contribution >= 4 is 27.2 Å². The average molecular weight is 237 g/mol. The first-order valence-corrected chi connectivity index (χ1v) is 6.75. The van der Waals surface area contributed by atoms with Gasteiger partial charge in [-0.2, -0.15) is 0 Å². The molecule has 0 aromatic carbocycles. The summed E-state index contributed by atoms with van der Waals surface area (Å²) in [5.74, 6) is 0.360. The molecule has 6 heteroatoms. The third-order valence-corrected chi connectivity index (χ3v) is 4.31. The summed E-state index contributed by atoms with van der Waals surface area (Å²) < 4.78 is 27.6. The second kappa shape index (κ2) is 4.02. The number of rotatable bonds is 2. The first-order valence-electron chi connectivity index (χ1n) is 4.52. The molecule has 14 heavy (non-hydrogen) atoms. The van der Waals surface area contributed by atoms with E-state index in [-0.39, 0.29) is 16.7 Å². The topological polar surface area (TPSA) is 55.4 Å². The summed E-state index contributed by atoms with van der Waals surface area (Å²) in [7, 11) is -2.89. The smallest absolute Gasteiger partial charge is 0.257 e. The molecule has 0 amide bonds. The molecule has 1 unspecified atom stereocenters. The van der Waals surface area contributed by atoms with E-state index in [9.17, 15) is 8.42 Å². The summed E-state index contributed by atoms with van der Waals surface area (Å²) in [4.78, 5) is 0. The van der Waals surface area contributed by atoms with Crippen LogP contribution in [0, 0.1) is 0 Å². The average Bonchev–Trinajstić information content (AvgIpc) is 2.25. The molecule has 0 aromatic heterocycles. The van der Waals surface area contributed by atoms with E-state index in [0.29, 0.717) is 13.0 Å². The van der Waals surface area contributed by atoms with Crippen molar-refractivity contribution in [2.75, 3.05) is 18.1 Å². The predicted molar refractivity (Wildman–Crippen MR) is 59.0 cm³/mol. The summed E-state index contributed by atoms with van der Waals surface area (Å²) in [6, 6.07) is 0. The molecule has 1 aliphatic heterocycles. The molecule has 1 rings (SSSR count). The Morgan fingerprint density at radius 2 is 2.29 bits per heavy atom. The number of hydrogen-bond acceptors (Lipinski definition) is 4. The molecule has 0 aliphatic carbocycles. The fraction of sp³-hybridized carbons (Fsp3) is 0.875. The molecule has 0 saturated carbocycles. The Bertz CT molecular complexity index is 325. The predicted octanol–water partition coefficient (Wildman–Crippen LogP) is 0.475. The third-order valence-electron chi connectivity index (χ3n) is 2.18. The number of hydrogen-bond donors (Lipinski definition) is 1. The van der Waals surface area contributed by atoms with Gasteiger partial charge in [-0.15, -0.1) is 0 Å². The maximum Gasteiger partial charge on any atom is 0.257 e. The van der Waals surface area contributed by atoms with Crippen LogP contribution in [0.15, 0.2) is 0 Å². The van der Waals surface area contributed by atoms with Crippen LogP contribution in [-0.2, 0) is 14.6 Å². The fourth-order valence-corrected chi connectivity index (χ4v) is 3.98. The van der Waals surface area contributed by atoms with Crippen molar-refractivity contribution in [2.24, 2.45) is 0 Å². The monoisotopic (exact) mass is 237 g/mol. The zero-order valence-electron chi connectivity index (χ0n) is 8.37. The molecule has 0 aromatic rings. The molecule has 1 atom stereocenters. The number of thiocarbonyl (C=S) groups is 1. The van der Waals surface area contributed by atoms with Crippen molar-refractivity contribution in [2.45, 2.75) is 25.8 Å². The highest BCUT2D eigenvalue weighted by molar-refractivity contribution is 7.91. The molecule has 0 bridgehead atoms. The lowest BCUT2D eigenvalue weighted by Crippen LogP contribution is -2.47. The summed E-state index contributed by atoms with van der Waals surface area (Å²) in [5.41, 5.74) is -0.453. The van der Waals surface area contributed by atoms with Crippen LogP contribution < -0.4 is 5.32 Å². The van der Waals surface area contributed by atoms with E-state index in [4.69, 9.17) is 17.0 Å². The normalized spacial score (nSPS) is 29.9. The van der Waals surface area contributed by atoms with Gasteiger partial charge in [0, 0.05) is 0 Å². The molecule has 1 saturated heterocycles. The summed E-state index contributed by atoms with van der Waals surface area (Å²) in [5, 5.41) is 3.23. The van der Waals surface area contributed by atoms with Crippen molar-refractivity contribution in [3.05, 3.63) is 0 Å². The highest BCUT2D eigenvalue weighted by Gasteiger charge is 2.38. The molecular weight excluding hydrogens is 222 g/mol. The molecule has 1 N–H and O–H groups in total. The Morgan fingerprint density at radius 3 is 2.71 bits per heavy atom. The lowest BCUT2D eigenvalue weighted by atomic mass is 10.0. The summed E-state index contributed by atoms with van der Waals surface area (Å²) in [6.45, 7) is 4.18. The minimum atomic E-state index is -2.89. The molecule has 1 aliphatic rings. The maximum absolute atomic E-state index is 11.3.